The minimum atomic E-state index is 0.392. The molecular weight excluding hydrogens is 669 g/mol. The first-order chi connectivity index (χ1) is 27.2. The van der Waals surface area contributed by atoms with Crippen molar-refractivity contribution in [2.75, 3.05) is 0 Å². The van der Waals surface area contributed by atoms with Crippen LogP contribution in [0.5, 0.6) is 0 Å². The minimum Gasteiger partial charge on any atom is -0.301 e. The van der Waals surface area contributed by atoms with Gasteiger partial charge in [0.05, 0.1) is 22.9 Å². The average molecular weight is 715 g/mol. The highest BCUT2D eigenvalue weighted by Crippen LogP contribution is 2.47. The summed E-state index contributed by atoms with van der Waals surface area (Å²) in [6.45, 7) is 0. The van der Waals surface area contributed by atoms with E-state index in [0.717, 1.165) is 105 Å². The Labute approximate surface area is 325 Å². The van der Waals surface area contributed by atoms with E-state index in [1.807, 2.05) is 12.1 Å². The molecule has 4 nitrogen and oxygen atoms in total. The van der Waals surface area contributed by atoms with Gasteiger partial charge in [-0.15, -0.1) is 0 Å². The van der Waals surface area contributed by atoms with Gasteiger partial charge in [-0.25, -0.2) is 9.97 Å². The lowest BCUT2D eigenvalue weighted by Crippen LogP contribution is -2.15. The van der Waals surface area contributed by atoms with Crippen molar-refractivity contribution in [1.82, 2.24) is 14.5 Å². The molecule has 0 amide bonds. The Morgan fingerprint density at radius 3 is 1.95 bits per heavy atom. The van der Waals surface area contributed by atoms with Crippen LogP contribution in [0.2, 0.25) is 0 Å². The van der Waals surface area contributed by atoms with Crippen LogP contribution >= 0.6 is 0 Å². The third kappa shape index (κ3) is 6.07. The van der Waals surface area contributed by atoms with E-state index in [0.29, 0.717) is 5.92 Å². The van der Waals surface area contributed by atoms with Crippen LogP contribution in [0.4, 0.5) is 0 Å². The Morgan fingerprint density at radius 2 is 1.27 bits per heavy atom. The van der Waals surface area contributed by atoms with Gasteiger partial charge in [-0.05, 0) is 129 Å². The van der Waals surface area contributed by atoms with Crippen molar-refractivity contribution in [2.45, 2.75) is 89.4 Å². The van der Waals surface area contributed by atoms with Crippen molar-refractivity contribution in [3.63, 3.8) is 0 Å². The molecular formula is C51H46N4. The van der Waals surface area contributed by atoms with Crippen LogP contribution in [-0.2, 0) is 12.8 Å². The molecule has 6 aliphatic rings. The average Bonchev–Trinajstić information content (AvgIpc) is 3.60. The number of nitrogens with zero attached hydrogens (tertiary/aromatic N) is 4. The van der Waals surface area contributed by atoms with E-state index in [4.69, 9.17) is 9.97 Å². The fourth-order valence-corrected chi connectivity index (χ4v) is 9.82. The summed E-state index contributed by atoms with van der Waals surface area (Å²) in [7, 11) is 0. The molecule has 2 aromatic heterocycles. The highest BCUT2D eigenvalue weighted by Gasteiger charge is 2.31. The van der Waals surface area contributed by atoms with Crippen LogP contribution in [-0.4, -0.2) is 14.5 Å². The molecule has 0 saturated heterocycles. The number of hydrogen-bond donors (Lipinski definition) is 0. The second-order valence-corrected chi connectivity index (χ2v) is 15.7. The maximum atomic E-state index is 9.37. The maximum absolute atomic E-state index is 9.37. The second kappa shape index (κ2) is 14.5. The summed E-state index contributed by atoms with van der Waals surface area (Å²) in [5.41, 5.74) is 19.0. The summed E-state index contributed by atoms with van der Waals surface area (Å²) in [6, 6.07) is 19.7. The predicted octanol–water partition coefficient (Wildman–Crippen LogP) is 12.6. The van der Waals surface area contributed by atoms with E-state index in [-0.39, 0.29) is 0 Å². The third-order valence-corrected chi connectivity index (χ3v) is 12.5. The van der Waals surface area contributed by atoms with Crippen molar-refractivity contribution in [3.8, 4) is 23.3 Å². The zero-order valence-corrected chi connectivity index (χ0v) is 31.5. The normalized spacial score (nSPS) is 19.9. The number of nitriles is 1. The van der Waals surface area contributed by atoms with E-state index >= 15 is 0 Å². The lowest BCUT2D eigenvalue weighted by atomic mass is 9.72. The molecule has 4 heteroatoms. The summed E-state index contributed by atoms with van der Waals surface area (Å²) >= 11 is 0. The van der Waals surface area contributed by atoms with Crippen LogP contribution in [0, 0.1) is 11.3 Å². The summed E-state index contributed by atoms with van der Waals surface area (Å²) in [6.07, 6.45) is 39.8. The van der Waals surface area contributed by atoms with Crippen molar-refractivity contribution in [2.24, 2.45) is 0 Å². The number of rotatable bonds is 6. The highest BCUT2D eigenvalue weighted by molar-refractivity contribution is 5.90. The quantitative estimate of drug-likeness (QED) is 0.200. The van der Waals surface area contributed by atoms with Gasteiger partial charge < -0.3 is 4.57 Å². The maximum Gasteiger partial charge on any atom is 0.162 e. The van der Waals surface area contributed by atoms with Gasteiger partial charge >= 0.3 is 0 Å². The third-order valence-electron chi connectivity index (χ3n) is 12.5. The molecule has 0 radical (unpaired) electrons. The largest absolute Gasteiger partial charge is 0.301 e. The summed E-state index contributed by atoms with van der Waals surface area (Å²) in [4.78, 5) is 11.1. The van der Waals surface area contributed by atoms with Gasteiger partial charge in [-0.1, -0.05) is 109 Å². The van der Waals surface area contributed by atoms with Crippen molar-refractivity contribution >= 4 is 28.9 Å². The molecule has 6 aliphatic carbocycles. The van der Waals surface area contributed by atoms with Gasteiger partial charge in [-0.3, -0.25) is 0 Å². The van der Waals surface area contributed by atoms with Gasteiger partial charge in [0.15, 0.2) is 5.82 Å². The van der Waals surface area contributed by atoms with Gasteiger partial charge in [0.1, 0.15) is 5.82 Å². The summed E-state index contributed by atoms with van der Waals surface area (Å²) in [5.74, 6) is 2.19. The first-order valence-corrected chi connectivity index (χ1v) is 20.5. The SMILES string of the molecule is N#Cc1ccc(C2CC=C(c3ccc(-c4nc(C5=CCCC=C5)c(C5=CCCC=C5)c(-n5c6c(c7c5CCC=C7)C=CCC6)n4)cc3)C3=C2CCCC3)cc1. The Morgan fingerprint density at radius 1 is 0.618 bits per heavy atom. The predicted molar refractivity (Wildman–Crippen MR) is 226 cm³/mol. The first kappa shape index (κ1) is 33.8. The topological polar surface area (TPSA) is 54.5 Å². The lowest BCUT2D eigenvalue weighted by molar-refractivity contribution is 0.619. The Balaban J connectivity index is 1.10. The molecule has 10 rings (SSSR count). The second-order valence-electron chi connectivity index (χ2n) is 15.7. The number of benzene rings is 2. The zero-order chi connectivity index (χ0) is 36.7. The number of fused-ring (bicyclic) bond motifs is 3. The molecule has 0 bridgehead atoms. The van der Waals surface area contributed by atoms with Gasteiger partial charge in [0, 0.05) is 34.0 Å². The van der Waals surface area contributed by atoms with Crippen molar-refractivity contribution in [1.29, 1.82) is 5.26 Å². The molecule has 0 saturated carbocycles. The molecule has 55 heavy (non-hydrogen) atoms. The molecule has 4 aromatic rings. The minimum absolute atomic E-state index is 0.392. The van der Waals surface area contributed by atoms with Gasteiger partial charge in [0.25, 0.3) is 0 Å². The molecule has 1 unspecified atom stereocenters. The zero-order valence-electron chi connectivity index (χ0n) is 31.5. The standard InChI is InChI=1S/C51H46N4/c52-33-34-23-25-35(26-24-34)40-31-32-41(43-18-8-7-17-42(40)43)36-27-29-39(30-28-36)50-53-49(38-15-5-2-6-16-38)48(37-13-3-1-4-14-37)51(54-50)55-46-21-11-9-19-44(46)45-20-10-12-22-47(45)55/h3,5,9-10,13-16,19-20,23-30,32,40H,1-2,4,6-8,11-12,17-18,21-22,31H2. The fourth-order valence-electron chi connectivity index (χ4n) is 9.82. The molecule has 1 atom stereocenters. The van der Waals surface area contributed by atoms with Crippen LogP contribution in [0.3, 0.4) is 0 Å². The number of aromatic nitrogens is 3. The van der Waals surface area contributed by atoms with Crippen molar-refractivity contribution in [3.05, 3.63) is 165 Å². The molecule has 0 spiro atoms. The van der Waals surface area contributed by atoms with Gasteiger partial charge in [-0.2, -0.15) is 5.26 Å². The smallest absolute Gasteiger partial charge is 0.162 e. The van der Waals surface area contributed by atoms with E-state index in [9.17, 15) is 5.26 Å². The van der Waals surface area contributed by atoms with Crippen molar-refractivity contribution < 1.29 is 0 Å². The van der Waals surface area contributed by atoms with Crippen LogP contribution in [0.1, 0.15) is 127 Å². The summed E-state index contributed by atoms with van der Waals surface area (Å²) < 4.78 is 2.54. The molecule has 0 N–H and O–H groups in total. The highest BCUT2D eigenvalue weighted by atomic mass is 15.1. The van der Waals surface area contributed by atoms with E-state index < -0.39 is 0 Å². The van der Waals surface area contributed by atoms with Crippen LogP contribution in [0.15, 0.2) is 114 Å². The van der Waals surface area contributed by atoms with Crippen LogP contribution in [0.25, 0.3) is 46.1 Å². The van der Waals surface area contributed by atoms with E-state index in [2.05, 4.69) is 114 Å². The Bertz CT molecular complexity index is 2460. The van der Waals surface area contributed by atoms with E-state index in [1.165, 1.54) is 68.8 Å². The monoisotopic (exact) mass is 714 g/mol. The molecule has 2 heterocycles. The Kier molecular flexibility index (Phi) is 8.87. The lowest BCUT2D eigenvalue weighted by Gasteiger charge is -2.33. The van der Waals surface area contributed by atoms with Gasteiger partial charge in [0.2, 0.25) is 0 Å². The van der Waals surface area contributed by atoms with E-state index in [1.54, 1.807) is 5.57 Å². The number of allylic oxidation sites excluding steroid dienone is 14. The molecule has 270 valence electrons. The summed E-state index contributed by atoms with van der Waals surface area (Å²) in [5, 5.41) is 9.37. The molecule has 2 aromatic carbocycles. The van der Waals surface area contributed by atoms with Crippen LogP contribution < -0.4 is 0 Å². The fraction of sp³-hybridized carbons (Fsp3) is 0.275. The molecule has 0 fully saturated rings. The number of hydrogen-bond acceptors (Lipinski definition) is 3. The first-order valence-electron chi connectivity index (χ1n) is 20.5. The Hall–Kier alpha value is -5.79. The molecule has 0 aliphatic heterocycles.